The van der Waals surface area contributed by atoms with Crippen LogP contribution < -0.4 is 9.20 Å². The van der Waals surface area contributed by atoms with E-state index in [1.54, 1.807) is 0 Å². The molecule has 114 valence electrons. The molecule has 4 heteroatoms. The van der Waals surface area contributed by atoms with Crippen molar-refractivity contribution >= 4 is 23.0 Å². The van der Waals surface area contributed by atoms with E-state index in [4.69, 9.17) is 10.5 Å². The molecule has 3 rings (SSSR count). The zero-order chi connectivity index (χ0) is 16.9. The van der Waals surface area contributed by atoms with Gasteiger partial charge in [0, 0.05) is 5.56 Å². The SMILES string of the molecule is Cc1ccc(/C=c2\sc(=C(C#N)C#N)nc2-c2ccccc2)cc1. The molecule has 0 aliphatic carbocycles. The van der Waals surface area contributed by atoms with Crippen molar-refractivity contribution in [3.05, 3.63) is 74.9 Å². The highest BCUT2D eigenvalue weighted by Crippen LogP contribution is 2.13. The van der Waals surface area contributed by atoms with Gasteiger partial charge in [-0.25, -0.2) is 4.98 Å². The molecule has 0 saturated heterocycles. The second-order valence-corrected chi connectivity index (χ2v) is 6.28. The van der Waals surface area contributed by atoms with Crippen LogP contribution in [0.1, 0.15) is 11.1 Å². The van der Waals surface area contributed by atoms with Crippen molar-refractivity contribution < 1.29 is 0 Å². The highest BCUT2D eigenvalue weighted by atomic mass is 32.1. The number of thiazole rings is 1. The zero-order valence-electron chi connectivity index (χ0n) is 13.0. The van der Waals surface area contributed by atoms with Gasteiger partial charge in [-0.15, -0.1) is 11.3 Å². The average molecular weight is 327 g/mol. The van der Waals surface area contributed by atoms with Crippen molar-refractivity contribution in [2.75, 3.05) is 0 Å². The summed E-state index contributed by atoms with van der Waals surface area (Å²) in [5, 5.41) is 18.2. The number of nitriles is 2. The van der Waals surface area contributed by atoms with Crippen LogP contribution in [-0.2, 0) is 0 Å². The summed E-state index contributed by atoms with van der Waals surface area (Å²) in [5.74, 6) is 0. The molecule has 3 nitrogen and oxygen atoms in total. The van der Waals surface area contributed by atoms with Gasteiger partial charge in [0.2, 0.25) is 0 Å². The topological polar surface area (TPSA) is 60.5 Å². The molecule has 0 aliphatic rings. The molecular formula is C20H13N3S. The third-order valence-corrected chi connectivity index (χ3v) is 4.53. The summed E-state index contributed by atoms with van der Waals surface area (Å²) < 4.78 is 1.39. The monoisotopic (exact) mass is 327 g/mol. The zero-order valence-corrected chi connectivity index (χ0v) is 13.8. The second kappa shape index (κ2) is 6.91. The lowest BCUT2D eigenvalue weighted by atomic mass is 10.1. The number of aromatic nitrogens is 1. The van der Waals surface area contributed by atoms with E-state index < -0.39 is 0 Å². The van der Waals surface area contributed by atoms with Gasteiger partial charge in [0.15, 0.2) is 5.57 Å². The van der Waals surface area contributed by atoms with E-state index in [1.807, 2.05) is 67.6 Å². The van der Waals surface area contributed by atoms with Gasteiger partial charge < -0.3 is 0 Å². The number of benzene rings is 2. The van der Waals surface area contributed by atoms with Gasteiger partial charge in [0.1, 0.15) is 16.8 Å². The molecular weight excluding hydrogens is 314 g/mol. The molecule has 0 fully saturated rings. The summed E-state index contributed by atoms with van der Waals surface area (Å²) >= 11 is 1.36. The maximum Gasteiger partial charge on any atom is 0.165 e. The lowest BCUT2D eigenvalue weighted by Crippen LogP contribution is -2.01. The lowest BCUT2D eigenvalue weighted by molar-refractivity contribution is 1.33. The first kappa shape index (κ1) is 15.7. The van der Waals surface area contributed by atoms with Crippen LogP contribution in [0.2, 0.25) is 0 Å². The van der Waals surface area contributed by atoms with Crippen molar-refractivity contribution in [1.82, 2.24) is 4.98 Å². The molecule has 1 aromatic heterocycles. The van der Waals surface area contributed by atoms with Gasteiger partial charge in [-0.3, -0.25) is 0 Å². The van der Waals surface area contributed by atoms with E-state index in [1.165, 1.54) is 16.9 Å². The molecule has 3 aromatic rings. The Balaban J connectivity index is 2.29. The summed E-state index contributed by atoms with van der Waals surface area (Å²) in [7, 11) is 0. The molecule has 0 N–H and O–H groups in total. The Morgan fingerprint density at radius 1 is 1.00 bits per heavy atom. The van der Waals surface area contributed by atoms with E-state index in [9.17, 15) is 0 Å². The molecule has 0 saturated carbocycles. The molecule has 0 unspecified atom stereocenters. The predicted molar refractivity (Wildman–Crippen MR) is 96.2 cm³/mol. The smallest absolute Gasteiger partial charge is 0.165 e. The highest BCUT2D eigenvalue weighted by molar-refractivity contribution is 7.08. The molecule has 1 heterocycles. The third-order valence-electron chi connectivity index (χ3n) is 3.51. The standard InChI is InChI=1S/C20H13N3S/c1-14-7-9-15(10-8-14)11-18-19(16-5-3-2-4-6-16)23-20(24-18)17(12-21)13-22/h2-11H,1H3/b18-11-. The number of hydrogen-bond acceptors (Lipinski definition) is 4. The van der Waals surface area contributed by atoms with Gasteiger partial charge in [0.05, 0.1) is 10.2 Å². The molecule has 0 bridgehead atoms. The third kappa shape index (κ3) is 3.25. The summed E-state index contributed by atoms with van der Waals surface area (Å²) in [6, 6.07) is 21.8. The van der Waals surface area contributed by atoms with Crippen LogP contribution in [0.25, 0.3) is 22.9 Å². The minimum Gasteiger partial charge on any atom is -0.234 e. The van der Waals surface area contributed by atoms with E-state index in [0.29, 0.717) is 4.66 Å². The fourth-order valence-corrected chi connectivity index (χ4v) is 3.27. The Morgan fingerprint density at radius 2 is 1.67 bits per heavy atom. The quantitative estimate of drug-likeness (QED) is 0.726. The molecule has 2 aromatic carbocycles. The van der Waals surface area contributed by atoms with Crippen LogP contribution in [-0.4, -0.2) is 4.98 Å². The van der Waals surface area contributed by atoms with Crippen molar-refractivity contribution in [3.63, 3.8) is 0 Å². The van der Waals surface area contributed by atoms with Crippen LogP contribution in [0.3, 0.4) is 0 Å². The second-order valence-electron chi connectivity index (χ2n) is 5.25. The van der Waals surface area contributed by atoms with E-state index >= 15 is 0 Å². The van der Waals surface area contributed by atoms with Crippen LogP contribution in [0.5, 0.6) is 0 Å². The van der Waals surface area contributed by atoms with Crippen molar-refractivity contribution in [2.45, 2.75) is 6.92 Å². The molecule has 0 amide bonds. The molecule has 0 aliphatic heterocycles. The van der Waals surface area contributed by atoms with E-state index in [-0.39, 0.29) is 5.57 Å². The first-order valence-electron chi connectivity index (χ1n) is 7.36. The maximum absolute atomic E-state index is 9.12. The Bertz CT molecular complexity index is 1050. The Morgan fingerprint density at radius 3 is 2.29 bits per heavy atom. The highest BCUT2D eigenvalue weighted by Gasteiger charge is 2.07. The summed E-state index contributed by atoms with van der Waals surface area (Å²) in [6.07, 6.45) is 2.04. The first-order chi connectivity index (χ1) is 11.7. The van der Waals surface area contributed by atoms with Crippen molar-refractivity contribution in [3.8, 4) is 23.4 Å². The van der Waals surface area contributed by atoms with Gasteiger partial charge in [-0.2, -0.15) is 10.5 Å². The molecule has 24 heavy (non-hydrogen) atoms. The Labute approximate surface area is 144 Å². The van der Waals surface area contributed by atoms with Crippen molar-refractivity contribution in [1.29, 1.82) is 10.5 Å². The minimum absolute atomic E-state index is 0.0423. The number of aryl methyl sites for hydroxylation is 1. The van der Waals surface area contributed by atoms with Crippen LogP contribution in [0, 0.1) is 29.6 Å². The average Bonchev–Trinajstić information content (AvgIpc) is 3.02. The van der Waals surface area contributed by atoms with E-state index in [2.05, 4.69) is 17.1 Å². The molecule has 0 atom stereocenters. The normalized spacial score (nSPS) is 10.9. The summed E-state index contributed by atoms with van der Waals surface area (Å²) in [4.78, 5) is 4.54. The number of rotatable bonds is 2. The van der Waals surface area contributed by atoms with Gasteiger partial charge in [-0.1, -0.05) is 60.2 Å². The predicted octanol–water partition coefficient (Wildman–Crippen LogP) is 3.15. The Kier molecular flexibility index (Phi) is 4.52. The van der Waals surface area contributed by atoms with Gasteiger partial charge in [-0.05, 0) is 18.6 Å². The van der Waals surface area contributed by atoms with E-state index in [0.717, 1.165) is 21.4 Å². The molecule has 0 spiro atoms. The lowest BCUT2D eigenvalue weighted by Gasteiger charge is -1.97. The maximum atomic E-state index is 9.12. The van der Waals surface area contributed by atoms with Crippen LogP contribution in [0.4, 0.5) is 0 Å². The van der Waals surface area contributed by atoms with Crippen LogP contribution in [0.15, 0.2) is 54.6 Å². The molecule has 0 radical (unpaired) electrons. The largest absolute Gasteiger partial charge is 0.234 e. The minimum atomic E-state index is 0.0423. The first-order valence-corrected chi connectivity index (χ1v) is 8.18. The number of nitrogens with zero attached hydrogens (tertiary/aromatic N) is 3. The number of hydrogen-bond donors (Lipinski definition) is 0. The van der Waals surface area contributed by atoms with Gasteiger partial charge in [0.25, 0.3) is 0 Å². The van der Waals surface area contributed by atoms with Crippen molar-refractivity contribution in [2.24, 2.45) is 0 Å². The van der Waals surface area contributed by atoms with Crippen LogP contribution >= 0.6 is 11.3 Å². The Hall–Kier alpha value is -3.21. The summed E-state index contributed by atoms with van der Waals surface area (Å²) in [6.45, 7) is 2.05. The fraction of sp³-hybridized carbons (Fsp3) is 0.0500. The fourth-order valence-electron chi connectivity index (χ4n) is 2.27. The summed E-state index contributed by atoms with van der Waals surface area (Å²) in [5.41, 5.74) is 4.06. The van der Waals surface area contributed by atoms with Gasteiger partial charge >= 0.3 is 0 Å².